The third-order valence-corrected chi connectivity index (χ3v) is 7.19. The van der Waals surface area contributed by atoms with Gasteiger partial charge in [0, 0.05) is 4.47 Å². The van der Waals surface area contributed by atoms with E-state index in [1.54, 1.807) is 12.1 Å². The first-order chi connectivity index (χ1) is 19.6. The number of rotatable bonds is 5. The highest BCUT2D eigenvalue weighted by atomic mass is 79.9. The number of hydrogen-bond donors (Lipinski definition) is 2. The maximum absolute atomic E-state index is 9.13. The van der Waals surface area contributed by atoms with E-state index in [0.717, 1.165) is 15.6 Å². The zero-order valence-electron chi connectivity index (χ0n) is 21.9. The molecule has 40 heavy (non-hydrogen) atoms. The fraction of sp³-hybridized carbons (Fsp3) is 0. The minimum absolute atomic E-state index is 0.498. The monoisotopic (exact) mass is 582 g/mol. The molecule has 0 spiro atoms. The average molecular weight is 583 g/mol. The minimum Gasteiger partial charge on any atom is -0.423 e. The van der Waals surface area contributed by atoms with Crippen LogP contribution in [0.4, 0.5) is 0 Å². The molecule has 0 amide bonds. The highest BCUT2D eigenvalue weighted by Gasteiger charge is 2.10. The van der Waals surface area contributed by atoms with Crippen LogP contribution in [0.2, 0.25) is 0 Å². The lowest BCUT2D eigenvalue weighted by Crippen LogP contribution is -2.29. The maximum atomic E-state index is 9.13. The van der Waals surface area contributed by atoms with Gasteiger partial charge in [-0.1, -0.05) is 149 Å². The van der Waals surface area contributed by atoms with Crippen molar-refractivity contribution >= 4 is 28.5 Å². The summed E-state index contributed by atoms with van der Waals surface area (Å²) in [4.78, 5) is 0. The number of benzene rings is 6. The van der Waals surface area contributed by atoms with Gasteiger partial charge in [0.2, 0.25) is 0 Å². The molecular formula is C36H28BBrO2. The first-order valence-corrected chi connectivity index (χ1v) is 13.9. The summed E-state index contributed by atoms with van der Waals surface area (Å²) in [6, 6.07) is 53.3. The standard InChI is InChI=1S/C18H15BO2.C18H13Br/c20-19(21)18-11-9-15(10-12-18)17-8-4-7-16(13-17)14-5-2-1-3-6-14;19-18-11-9-15(10-12-18)17-8-4-7-16(13-17)14-5-2-1-3-6-14/h1-13,20-21H;1-13H. The molecule has 0 bridgehead atoms. The molecule has 2 nitrogen and oxygen atoms in total. The van der Waals surface area contributed by atoms with E-state index in [1.165, 1.54) is 33.4 Å². The second kappa shape index (κ2) is 13.2. The van der Waals surface area contributed by atoms with Crippen LogP contribution in [-0.4, -0.2) is 17.2 Å². The Hall–Kier alpha value is -4.22. The summed E-state index contributed by atoms with van der Waals surface area (Å²) in [6.07, 6.45) is 0. The van der Waals surface area contributed by atoms with E-state index in [9.17, 15) is 0 Å². The topological polar surface area (TPSA) is 40.5 Å². The van der Waals surface area contributed by atoms with Crippen LogP contribution in [0.15, 0.2) is 162 Å². The second-order valence-electron chi connectivity index (χ2n) is 9.40. The van der Waals surface area contributed by atoms with Gasteiger partial charge in [-0.3, -0.25) is 0 Å². The maximum Gasteiger partial charge on any atom is 0.488 e. The first kappa shape index (κ1) is 27.4. The summed E-state index contributed by atoms with van der Waals surface area (Å²) in [5.41, 5.74) is 9.99. The second-order valence-corrected chi connectivity index (χ2v) is 10.3. The van der Waals surface area contributed by atoms with E-state index in [2.05, 4.69) is 119 Å². The Morgan fingerprint density at radius 2 is 0.675 bits per heavy atom. The van der Waals surface area contributed by atoms with Crippen molar-refractivity contribution in [1.82, 2.24) is 0 Å². The van der Waals surface area contributed by atoms with Gasteiger partial charge in [0.1, 0.15) is 0 Å². The molecule has 0 aliphatic heterocycles. The van der Waals surface area contributed by atoms with E-state index in [0.29, 0.717) is 5.46 Å². The molecule has 6 aromatic carbocycles. The molecule has 0 saturated heterocycles. The summed E-state index contributed by atoms with van der Waals surface area (Å²) in [6.45, 7) is 0. The molecule has 0 saturated carbocycles. The Morgan fingerprint density at radius 1 is 0.350 bits per heavy atom. The number of halogens is 1. The quantitative estimate of drug-likeness (QED) is 0.200. The molecule has 0 aliphatic carbocycles. The minimum atomic E-state index is -1.42. The highest BCUT2D eigenvalue weighted by Crippen LogP contribution is 2.28. The van der Waals surface area contributed by atoms with Gasteiger partial charge in [-0.05, 0) is 74.2 Å². The van der Waals surface area contributed by atoms with Crippen molar-refractivity contribution in [2.24, 2.45) is 0 Å². The van der Waals surface area contributed by atoms with Gasteiger partial charge < -0.3 is 10.0 Å². The Bertz CT molecular complexity index is 1650. The van der Waals surface area contributed by atoms with Crippen LogP contribution in [0.3, 0.4) is 0 Å². The molecule has 194 valence electrons. The number of hydrogen-bond acceptors (Lipinski definition) is 2. The van der Waals surface area contributed by atoms with Gasteiger partial charge >= 0.3 is 7.12 Å². The zero-order chi connectivity index (χ0) is 27.7. The smallest absolute Gasteiger partial charge is 0.423 e. The lowest BCUT2D eigenvalue weighted by molar-refractivity contribution is 0.426. The van der Waals surface area contributed by atoms with Crippen LogP contribution in [0.1, 0.15) is 0 Å². The van der Waals surface area contributed by atoms with E-state index >= 15 is 0 Å². The summed E-state index contributed by atoms with van der Waals surface area (Å²) in [7, 11) is -1.42. The fourth-order valence-electron chi connectivity index (χ4n) is 4.51. The van der Waals surface area contributed by atoms with Gasteiger partial charge in [-0.25, -0.2) is 0 Å². The Kier molecular flexibility index (Phi) is 9.05. The molecule has 2 N–H and O–H groups in total. The van der Waals surface area contributed by atoms with Gasteiger partial charge in [0.05, 0.1) is 0 Å². The molecule has 6 rings (SSSR count). The summed E-state index contributed by atoms with van der Waals surface area (Å²) in [5, 5.41) is 18.3. The molecule has 4 heteroatoms. The van der Waals surface area contributed by atoms with Gasteiger partial charge in [0.25, 0.3) is 0 Å². The third-order valence-electron chi connectivity index (χ3n) is 6.66. The SMILES string of the molecule is Brc1ccc(-c2cccc(-c3ccccc3)c2)cc1.OB(O)c1ccc(-c2cccc(-c3ccccc3)c2)cc1. The Labute approximate surface area is 244 Å². The fourth-order valence-corrected chi connectivity index (χ4v) is 4.77. The third kappa shape index (κ3) is 7.05. The predicted molar refractivity (Wildman–Crippen MR) is 172 cm³/mol. The zero-order valence-corrected chi connectivity index (χ0v) is 23.4. The van der Waals surface area contributed by atoms with Crippen molar-refractivity contribution in [3.8, 4) is 44.5 Å². The predicted octanol–water partition coefficient (Wildman–Crippen LogP) is 8.48. The van der Waals surface area contributed by atoms with E-state index in [4.69, 9.17) is 10.0 Å². The summed E-state index contributed by atoms with van der Waals surface area (Å²) in [5.74, 6) is 0. The van der Waals surface area contributed by atoms with Crippen LogP contribution < -0.4 is 5.46 Å². The van der Waals surface area contributed by atoms with Crippen molar-refractivity contribution < 1.29 is 10.0 Å². The van der Waals surface area contributed by atoms with E-state index in [1.807, 2.05) is 42.5 Å². The molecule has 0 atom stereocenters. The molecule has 0 radical (unpaired) electrons. The van der Waals surface area contributed by atoms with Crippen molar-refractivity contribution in [3.63, 3.8) is 0 Å². The molecule has 0 fully saturated rings. The van der Waals surface area contributed by atoms with Gasteiger partial charge in [-0.2, -0.15) is 0 Å². The van der Waals surface area contributed by atoms with Crippen LogP contribution in [0.5, 0.6) is 0 Å². The van der Waals surface area contributed by atoms with Crippen LogP contribution >= 0.6 is 15.9 Å². The first-order valence-electron chi connectivity index (χ1n) is 13.1. The van der Waals surface area contributed by atoms with Crippen molar-refractivity contribution in [2.75, 3.05) is 0 Å². The molecule has 6 aromatic rings. The van der Waals surface area contributed by atoms with Gasteiger partial charge in [-0.15, -0.1) is 0 Å². The summed E-state index contributed by atoms with van der Waals surface area (Å²) < 4.78 is 1.11. The molecule has 0 unspecified atom stereocenters. The Morgan fingerprint density at radius 3 is 1.05 bits per heavy atom. The summed E-state index contributed by atoms with van der Waals surface area (Å²) >= 11 is 3.47. The largest absolute Gasteiger partial charge is 0.488 e. The van der Waals surface area contributed by atoms with Crippen LogP contribution in [0.25, 0.3) is 44.5 Å². The van der Waals surface area contributed by atoms with E-state index in [-0.39, 0.29) is 0 Å². The van der Waals surface area contributed by atoms with Crippen LogP contribution in [-0.2, 0) is 0 Å². The van der Waals surface area contributed by atoms with Crippen molar-refractivity contribution in [1.29, 1.82) is 0 Å². The average Bonchev–Trinajstić information content (AvgIpc) is 3.03. The molecular weight excluding hydrogens is 555 g/mol. The van der Waals surface area contributed by atoms with Gasteiger partial charge in [0.15, 0.2) is 0 Å². The highest BCUT2D eigenvalue weighted by molar-refractivity contribution is 9.10. The lowest BCUT2D eigenvalue weighted by Gasteiger charge is -2.07. The normalized spacial score (nSPS) is 10.4. The van der Waals surface area contributed by atoms with E-state index < -0.39 is 7.12 Å². The molecule has 0 heterocycles. The Balaban J connectivity index is 0.000000162. The lowest BCUT2D eigenvalue weighted by atomic mass is 9.80. The molecule has 0 aromatic heterocycles. The molecule has 0 aliphatic rings. The van der Waals surface area contributed by atoms with Crippen molar-refractivity contribution in [3.05, 3.63) is 162 Å². The van der Waals surface area contributed by atoms with Crippen LogP contribution in [0, 0.1) is 0 Å². The van der Waals surface area contributed by atoms with Crippen molar-refractivity contribution in [2.45, 2.75) is 0 Å².